The van der Waals surface area contributed by atoms with Crippen LogP contribution in [0.15, 0.2) is 173 Å². The average Bonchev–Trinajstić information content (AvgIpc) is 3.71. The maximum absolute atomic E-state index is 6.55. The molecule has 0 amide bonds. The molecule has 220 valence electrons. The zero-order chi connectivity index (χ0) is 30.9. The minimum absolute atomic E-state index is 0.877. The van der Waals surface area contributed by atoms with E-state index in [4.69, 9.17) is 8.83 Å². The first kappa shape index (κ1) is 26.0. The first-order valence-corrected chi connectivity index (χ1v) is 15.9. The topological polar surface area (TPSA) is 29.5 Å². The van der Waals surface area contributed by atoms with Gasteiger partial charge in [-0.2, -0.15) is 0 Å². The summed E-state index contributed by atoms with van der Waals surface area (Å²) < 4.78 is 12.7. The number of furan rings is 2. The highest BCUT2D eigenvalue weighted by Crippen LogP contribution is 2.41. The van der Waals surface area contributed by atoms with Crippen LogP contribution >= 0.6 is 0 Å². The Kier molecular flexibility index (Phi) is 5.57. The van der Waals surface area contributed by atoms with E-state index in [9.17, 15) is 0 Å². The molecule has 0 unspecified atom stereocenters. The first-order chi connectivity index (χ1) is 23.3. The lowest BCUT2D eigenvalue weighted by atomic mass is 9.98. The molecule has 0 bridgehead atoms. The van der Waals surface area contributed by atoms with Gasteiger partial charge in [-0.25, -0.2) is 0 Å². The summed E-state index contributed by atoms with van der Waals surface area (Å²) in [5.74, 6) is 0. The van der Waals surface area contributed by atoms with Gasteiger partial charge in [0.05, 0.1) is 0 Å². The van der Waals surface area contributed by atoms with Crippen molar-refractivity contribution >= 4 is 82.5 Å². The van der Waals surface area contributed by atoms with Crippen LogP contribution in [-0.2, 0) is 0 Å². The molecular formula is C44H27NO2. The van der Waals surface area contributed by atoms with E-state index in [1.807, 2.05) is 12.1 Å². The predicted molar refractivity (Wildman–Crippen MR) is 196 cm³/mol. The lowest BCUT2D eigenvalue weighted by molar-refractivity contribution is 0.669. The van der Waals surface area contributed by atoms with Crippen molar-refractivity contribution in [2.24, 2.45) is 0 Å². The summed E-state index contributed by atoms with van der Waals surface area (Å²) >= 11 is 0. The molecule has 2 heterocycles. The predicted octanol–water partition coefficient (Wildman–Crippen LogP) is 12.9. The smallest absolute Gasteiger partial charge is 0.143 e. The molecule has 3 heteroatoms. The van der Waals surface area contributed by atoms with Crippen LogP contribution in [0.1, 0.15) is 0 Å². The van der Waals surface area contributed by atoms with E-state index in [-0.39, 0.29) is 0 Å². The van der Waals surface area contributed by atoms with Crippen LogP contribution in [0.5, 0.6) is 0 Å². The van der Waals surface area contributed by atoms with Gasteiger partial charge in [-0.05, 0) is 87.9 Å². The molecule has 0 fully saturated rings. The van der Waals surface area contributed by atoms with E-state index < -0.39 is 0 Å². The number of hydrogen-bond acceptors (Lipinski definition) is 3. The second kappa shape index (κ2) is 10.1. The molecule has 10 aromatic rings. The summed E-state index contributed by atoms with van der Waals surface area (Å²) in [5, 5.41) is 9.30. The maximum atomic E-state index is 6.55. The summed E-state index contributed by atoms with van der Waals surface area (Å²) in [6, 6.07) is 57.9. The molecule has 0 saturated carbocycles. The molecule has 0 radical (unpaired) electrons. The molecule has 0 atom stereocenters. The molecule has 0 spiro atoms. The van der Waals surface area contributed by atoms with Gasteiger partial charge in [0.2, 0.25) is 0 Å². The highest BCUT2D eigenvalue weighted by atomic mass is 16.3. The molecule has 47 heavy (non-hydrogen) atoms. The van der Waals surface area contributed by atoms with Crippen molar-refractivity contribution in [1.29, 1.82) is 0 Å². The molecule has 0 aliphatic rings. The zero-order valence-corrected chi connectivity index (χ0v) is 25.4. The van der Waals surface area contributed by atoms with Gasteiger partial charge in [-0.15, -0.1) is 0 Å². The van der Waals surface area contributed by atoms with Crippen molar-refractivity contribution in [2.75, 3.05) is 4.90 Å². The molecule has 0 saturated heterocycles. The molecule has 0 aliphatic heterocycles. The van der Waals surface area contributed by atoms with E-state index >= 15 is 0 Å². The third-order valence-electron chi connectivity index (χ3n) is 9.44. The Morgan fingerprint density at radius 1 is 0.340 bits per heavy atom. The highest BCUT2D eigenvalue weighted by Gasteiger charge is 2.17. The second-order valence-corrected chi connectivity index (χ2v) is 12.1. The summed E-state index contributed by atoms with van der Waals surface area (Å²) in [7, 11) is 0. The van der Waals surface area contributed by atoms with Gasteiger partial charge in [0, 0.05) is 50.1 Å². The number of hydrogen-bond donors (Lipinski definition) is 0. The molecule has 0 N–H and O–H groups in total. The fraction of sp³-hybridized carbons (Fsp3) is 0. The van der Waals surface area contributed by atoms with Gasteiger partial charge in [0.15, 0.2) is 0 Å². The fourth-order valence-electron chi connectivity index (χ4n) is 7.19. The monoisotopic (exact) mass is 601 g/mol. The molecular weight excluding hydrogens is 574 g/mol. The van der Waals surface area contributed by atoms with Crippen LogP contribution in [0.3, 0.4) is 0 Å². The third kappa shape index (κ3) is 4.07. The highest BCUT2D eigenvalue weighted by molar-refractivity contribution is 6.19. The molecule has 8 aromatic carbocycles. The number of benzene rings is 8. The van der Waals surface area contributed by atoms with Crippen LogP contribution in [0.2, 0.25) is 0 Å². The first-order valence-electron chi connectivity index (χ1n) is 15.9. The summed E-state index contributed by atoms with van der Waals surface area (Å²) in [6.45, 7) is 0. The summed E-state index contributed by atoms with van der Waals surface area (Å²) in [4.78, 5) is 2.29. The van der Waals surface area contributed by atoms with Crippen molar-refractivity contribution in [1.82, 2.24) is 0 Å². The quantitative estimate of drug-likeness (QED) is 0.201. The zero-order valence-electron chi connectivity index (χ0n) is 25.4. The molecule has 10 rings (SSSR count). The van der Waals surface area contributed by atoms with Crippen molar-refractivity contribution < 1.29 is 8.83 Å². The number of rotatable bonds is 4. The number of fused-ring (bicyclic) bond motifs is 10. The van der Waals surface area contributed by atoms with Crippen LogP contribution in [0, 0.1) is 0 Å². The SMILES string of the molecule is c1ccc(N(c2ccc(-c3ccc4c(ccc5oc6ccccc6c54)c3)cc2)c2ccc3c(c2)oc2c4ccccc4ccc32)cc1. The van der Waals surface area contributed by atoms with Crippen molar-refractivity contribution in [2.45, 2.75) is 0 Å². The third-order valence-corrected chi connectivity index (χ3v) is 9.44. The largest absolute Gasteiger partial charge is 0.456 e. The van der Waals surface area contributed by atoms with Gasteiger partial charge in [-0.1, -0.05) is 97.1 Å². The maximum Gasteiger partial charge on any atom is 0.143 e. The standard InChI is InChI=1S/C44H27NO2/c1-2-9-32(10-3-1)45(34-21-24-37-38-23-16-29-8-4-5-11-36(29)44(38)47-42(37)27-34)33-19-14-28(15-20-33)30-17-22-35-31(26-30)18-25-41-43(35)39-12-6-7-13-40(39)46-41/h1-27H. The van der Waals surface area contributed by atoms with Crippen LogP contribution in [0.4, 0.5) is 17.1 Å². The van der Waals surface area contributed by atoms with Gasteiger partial charge in [0.1, 0.15) is 22.3 Å². The number of nitrogens with zero attached hydrogens (tertiary/aromatic N) is 1. The van der Waals surface area contributed by atoms with E-state index in [1.54, 1.807) is 0 Å². The summed E-state index contributed by atoms with van der Waals surface area (Å²) in [6.07, 6.45) is 0. The Labute approximate surface area is 270 Å². The van der Waals surface area contributed by atoms with Gasteiger partial charge in [0.25, 0.3) is 0 Å². The van der Waals surface area contributed by atoms with E-state index in [0.29, 0.717) is 0 Å². The second-order valence-electron chi connectivity index (χ2n) is 12.1. The normalized spacial score (nSPS) is 11.8. The molecule has 3 nitrogen and oxygen atoms in total. The van der Waals surface area contributed by atoms with Gasteiger partial charge in [-0.3, -0.25) is 0 Å². The Balaban J connectivity index is 1.06. The molecule has 2 aromatic heterocycles. The Hall–Kier alpha value is -6.32. The fourth-order valence-corrected chi connectivity index (χ4v) is 7.19. The Morgan fingerprint density at radius 2 is 1.02 bits per heavy atom. The van der Waals surface area contributed by atoms with E-state index in [0.717, 1.165) is 60.9 Å². The lowest BCUT2D eigenvalue weighted by Gasteiger charge is -2.25. The van der Waals surface area contributed by atoms with Gasteiger partial charge < -0.3 is 13.7 Å². The Bertz CT molecular complexity index is 2790. The van der Waals surface area contributed by atoms with Crippen LogP contribution in [0.25, 0.3) is 76.5 Å². The van der Waals surface area contributed by atoms with Crippen molar-refractivity contribution in [3.8, 4) is 11.1 Å². The number of para-hydroxylation sites is 2. The van der Waals surface area contributed by atoms with Crippen molar-refractivity contribution in [3.63, 3.8) is 0 Å². The van der Waals surface area contributed by atoms with E-state index in [2.05, 4.69) is 157 Å². The molecule has 0 aliphatic carbocycles. The van der Waals surface area contributed by atoms with Crippen LogP contribution in [-0.4, -0.2) is 0 Å². The Morgan fingerprint density at radius 3 is 1.91 bits per heavy atom. The number of anilines is 3. The lowest BCUT2D eigenvalue weighted by Crippen LogP contribution is -2.09. The summed E-state index contributed by atoms with van der Waals surface area (Å²) in [5.41, 5.74) is 9.21. The minimum Gasteiger partial charge on any atom is -0.456 e. The van der Waals surface area contributed by atoms with E-state index in [1.165, 1.54) is 32.7 Å². The van der Waals surface area contributed by atoms with Crippen molar-refractivity contribution in [3.05, 3.63) is 164 Å². The van der Waals surface area contributed by atoms with Gasteiger partial charge >= 0.3 is 0 Å². The average molecular weight is 602 g/mol. The van der Waals surface area contributed by atoms with Crippen LogP contribution < -0.4 is 4.90 Å². The minimum atomic E-state index is 0.877.